The molecule has 1 N–H and O–H groups in total. The van der Waals surface area contributed by atoms with E-state index in [1.807, 2.05) is 12.1 Å². The number of aryl methyl sites for hydroxylation is 1. The summed E-state index contributed by atoms with van der Waals surface area (Å²) in [4.78, 5) is 24.5. The fourth-order valence-electron chi connectivity index (χ4n) is 2.80. The molecular weight excluding hydrogens is 398 g/mol. The lowest BCUT2D eigenvalue weighted by atomic mass is 10.1. The summed E-state index contributed by atoms with van der Waals surface area (Å²) < 4.78 is 40.5. The number of carbonyl (C=O) groups is 2. The lowest BCUT2D eigenvalue weighted by Crippen LogP contribution is -2.24. The molecule has 0 bridgehead atoms. The van der Waals surface area contributed by atoms with Crippen LogP contribution in [0.3, 0.4) is 0 Å². The molecule has 1 aliphatic heterocycles. The lowest BCUT2D eigenvalue weighted by molar-refractivity contribution is -0.146. The van der Waals surface area contributed by atoms with Crippen molar-refractivity contribution in [2.45, 2.75) is 25.9 Å². The zero-order chi connectivity index (χ0) is 21.0. The van der Waals surface area contributed by atoms with Gasteiger partial charge < -0.3 is 14.2 Å². The number of rotatable bonds is 8. The van der Waals surface area contributed by atoms with Crippen molar-refractivity contribution in [1.29, 1.82) is 0 Å². The van der Waals surface area contributed by atoms with E-state index in [1.54, 1.807) is 6.07 Å². The van der Waals surface area contributed by atoms with Crippen LogP contribution in [0.15, 0.2) is 42.5 Å². The van der Waals surface area contributed by atoms with Crippen LogP contribution in [-0.4, -0.2) is 39.3 Å². The second-order valence-corrected chi connectivity index (χ2v) is 8.38. The summed E-state index contributed by atoms with van der Waals surface area (Å²) in [5.74, 6) is 0.465. The van der Waals surface area contributed by atoms with E-state index in [9.17, 15) is 18.0 Å². The molecule has 9 heteroatoms. The van der Waals surface area contributed by atoms with Crippen LogP contribution in [0.1, 0.15) is 29.3 Å². The summed E-state index contributed by atoms with van der Waals surface area (Å²) in [7, 11) is -3.39. The number of hydrogen-bond donors (Lipinski definition) is 1. The number of Topliss-reactive ketones (excluding diaryl/α,β-unsaturated/α-hetero) is 1. The highest BCUT2D eigenvalue weighted by atomic mass is 32.2. The normalized spacial score (nSPS) is 13.6. The summed E-state index contributed by atoms with van der Waals surface area (Å²) in [5.41, 5.74) is 1.57. The molecule has 0 aromatic heterocycles. The first-order chi connectivity index (χ1) is 13.7. The molecule has 1 atom stereocenters. The third kappa shape index (κ3) is 5.71. The molecule has 1 aliphatic rings. The molecule has 0 amide bonds. The minimum atomic E-state index is -3.39. The Balaban J connectivity index is 1.51. The van der Waals surface area contributed by atoms with Crippen molar-refractivity contribution in [1.82, 2.24) is 0 Å². The van der Waals surface area contributed by atoms with Crippen molar-refractivity contribution in [3.8, 4) is 11.5 Å². The van der Waals surface area contributed by atoms with E-state index in [4.69, 9.17) is 14.2 Å². The number of esters is 1. The number of benzene rings is 2. The summed E-state index contributed by atoms with van der Waals surface area (Å²) in [5, 5.41) is 0. The number of ether oxygens (including phenoxy) is 3. The molecule has 0 spiro atoms. The van der Waals surface area contributed by atoms with Crippen LogP contribution in [0.25, 0.3) is 0 Å². The predicted molar refractivity (Wildman–Crippen MR) is 106 cm³/mol. The van der Waals surface area contributed by atoms with Gasteiger partial charge in [-0.2, -0.15) is 0 Å². The zero-order valence-corrected chi connectivity index (χ0v) is 16.8. The largest absolute Gasteiger partial charge is 0.454 e. The van der Waals surface area contributed by atoms with Gasteiger partial charge in [-0.15, -0.1) is 0 Å². The Kier molecular flexibility index (Phi) is 6.07. The van der Waals surface area contributed by atoms with Crippen LogP contribution in [-0.2, 0) is 26.0 Å². The summed E-state index contributed by atoms with van der Waals surface area (Å²) in [6, 6.07) is 11.4. The molecule has 2 aromatic carbocycles. The fraction of sp³-hybridized carbons (Fsp3) is 0.300. The van der Waals surface area contributed by atoms with Gasteiger partial charge in [0.25, 0.3) is 0 Å². The number of carbonyl (C=O) groups excluding carboxylic acids is 2. The topological polar surface area (TPSA) is 108 Å². The molecule has 1 heterocycles. The van der Waals surface area contributed by atoms with E-state index in [-0.39, 0.29) is 19.0 Å². The molecule has 0 saturated carbocycles. The van der Waals surface area contributed by atoms with Gasteiger partial charge in [0, 0.05) is 17.7 Å². The minimum absolute atomic E-state index is 0.120. The van der Waals surface area contributed by atoms with Gasteiger partial charge in [-0.1, -0.05) is 6.07 Å². The quantitative estimate of drug-likeness (QED) is 0.517. The fourth-order valence-corrected chi connectivity index (χ4v) is 3.37. The Morgan fingerprint density at radius 2 is 1.79 bits per heavy atom. The average molecular weight is 419 g/mol. The molecule has 154 valence electrons. The van der Waals surface area contributed by atoms with E-state index < -0.39 is 22.1 Å². The third-order valence-corrected chi connectivity index (χ3v) is 4.81. The van der Waals surface area contributed by atoms with Gasteiger partial charge in [0.05, 0.1) is 6.26 Å². The minimum Gasteiger partial charge on any atom is -0.454 e. The summed E-state index contributed by atoms with van der Waals surface area (Å²) in [6.07, 6.45) is 0.654. The van der Waals surface area contributed by atoms with Gasteiger partial charge in [0.2, 0.25) is 22.6 Å². The van der Waals surface area contributed by atoms with Crippen molar-refractivity contribution < 1.29 is 32.2 Å². The maximum atomic E-state index is 12.4. The molecule has 0 fully saturated rings. The van der Waals surface area contributed by atoms with Gasteiger partial charge in [0.1, 0.15) is 0 Å². The Bertz CT molecular complexity index is 1020. The van der Waals surface area contributed by atoms with Crippen LogP contribution in [0, 0.1) is 0 Å². The van der Waals surface area contributed by atoms with Crippen molar-refractivity contribution in [2.75, 3.05) is 17.8 Å². The van der Waals surface area contributed by atoms with E-state index in [1.165, 1.54) is 31.2 Å². The highest BCUT2D eigenvalue weighted by Crippen LogP contribution is 2.32. The standard InChI is InChI=1S/C20H21NO7S/c1-13(20(23)15-5-7-16(8-6-15)21-29(2,24)25)28-19(22)10-4-14-3-9-17-18(11-14)27-12-26-17/h3,5-9,11,13,21H,4,10,12H2,1-2H3. The molecule has 0 aliphatic carbocycles. The highest BCUT2D eigenvalue weighted by molar-refractivity contribution is 7.92. The summed E-state index contributed by atoms with van der Waals surface area (Å²) in [6.45, 7) is 1.69. The first-order valence-corrected chi connectivity index (χ1v) is 10.8. The molecule has 8 nitrogen and oxygen atoms in total. The Labute approximate surface area is 168 Å². The number of nitrogens with one attached hydrogen (secondary N) is 1. The van der Waals surface area contributed by atoms with E-state index >= 15 is 0 Å². The number of sulfonamides is 1. The van der Waals surface area contributed by atoms with Crippen LogP contribution in [0.5, 0.6) is 11.5 Å². The van der Waals surface area contributed by atoms with Crippen LogP contribution in [0.2, 0.25) is 0 Å². The monoisotopic (exact) mass is 419 g/mol. The maximum Gasteiger partial charge on any atom is 0.306 e. The van der Waals surface area contributed by atoms with Gasteiger partial charge in [0.15, 0.2) is 17.6 Å². The number of hydrogen-bond acceptors (Lipinski definition) is 7. The highest BCUT2D eigenvalue weighted by Gasteiger charge is 2.20. The Morgan fingerprint density at radius 1 is 1.10 bits per heavy atom. The molecule has 0 radical (unpaired) electrons. The van der Waals surface area contributed by atoms with Crippen molar-refractivity contribution in [3.05, 3.63) is 53.6 Å². The van der Waals surface area contributed by atoms with Crippen molar-refractivity contribution in [3.63, 3.8) is 0 Å². The first-order valence-electron chi connectivity index (χ1n) is 8.91. The van der Waals surface area contributed by atoms with Crippen molar-refractivity contribution in [2.24, 2.45) is 0 Å². The van der Waals surface area contributed by atoms with E-state index in [0.717, 1.165) is 11.8 Å². The molecule has 1 unspecified atom stereocenters. The number of fused-ring (bicyclic) bond motifs is 1. The summed E-state index contributed by atoms with van der Waals surface area (Å²) >= 11 is 0. The van der Waals surface area contributed by atoms with E-state index in [2.05, 4.69) is 4.72 Å². The van der Waals surface area contributed by atoms with Gasteiger partial charge >= 0.3 is 5.97 Å². The van der Waals surface area contributed by atoms with Crippen LogP contribution in [0.4, 0.5) is 5.69 Å². The molecular formula is C20H21NO7S. The average Bonchev–Trinajstić information content (AvgIpc) is 3.13. The molecule has 2 aromatic rings. The van der Waals surface area contributed by atoms with Crippen LogP contribution < -0.4 is 14.2 Å². The van der Waals surface area contributed by atoms with Gasteiger partial charge in [-0.25, -0.2) is 8.42 Å². The molecule has 29 heavy (non-hydrogen) atoms. The predicted octanol–water partition coefficient (Wildman–Crippen LogP) is 2.53. The second-order valence-electron chi connectivity index (χ2n) is 6.64. The van der Waals surface area contributed by atoms with Gasteiger partial charge in [-0.3, -0.25) is 14.3 Å². The van der Waals surface area contributed by atoms with Gasteiger partial charge in [-0.05, 0) is 55.3 Å². The maximum absolute atomic E-state index is 12.4. The second kappa shape index (κ2) is 8.52. The number of ketones is 1. The first kappa shape index (κ1) is 20.7. The zero-order valence-electron chi connectivity index (χ0n) is 16.0. The Hall–Kier alpha value is -3.07. The number of anilines is 1. The van der Waals surface area contributed by atoms with Crippen LogP contribution >= 0.6 is 0 Å². The lowest BCUT2D eigenvalue weighted by Gasteiger charge is -2.13. The molecule has 0 saturated heterocycles. The Morgan fingerprint density at radius 3 is 2.48 bits per heavy atom. The van der Waals surface area contributed by atoms with E-state index in [0.29, 0.717) is 29.2 Å². The third-order valence-electron chi connectivity index (χ3n) is 4.20. The molecule has 3 rings (SSSR count). The SMILES string of the molecule is CC(OC(=O)CCc1ccc2c(c1)OCO2)C(=O)c1ccc(NS(C)(=O)=O)cc1. The van der Waals surface area contributed by atoms with Crippen molar-refractivity contribution >= 4 is 27.5 Å². The smallest absolute Gasteiger partial charge is 0.306 e.